The number of carbonyl (C=O) groups is 3. The first-order valence-corrected chi connectivity index (χ1v) is 22.8. The Hall–Kier alpha value is -3.46. The van der Waals surface area contributed by atoms with E-state index in [1.165, 1.54) is 13.2 Å². The molecular weight excluding hydrogens is 824 g/mol. The third-order valence-electron chi connectivity index (χ3n) is 12.7. The molecule has 2 aromatic rings. The predicted octanol–water partition coefficient (Wildman–Crippen LogP) is 4.91. The second kappa shape index (κ2) is 22.4. The summed E-state index contributed by atoms with van der Waals surface area (Å²) in [6.45, 7) is 16.4. The number of aliphatic hydroxyl groups excluding tert-OH is 1. The summed E-state index contributed by atoms with van der Waals surface area (Å²) in [5.74, 6) is -2.78. The number of likely N-dealkylation sites (N-methyl/N-ethyl adjacent to an activating group) is 1. The Morgan fingerprint density at radius 3 is 2.40 bits per heavy atom. The van der Waals surface area contributed by atoms with Crippen LogP contribution in [0.4, 0.5) is 14.5 Å². The molecule has 0 saturated carbocycles. The van der Waals surface area contributed by atoms with Crippen molar-refractivity contribution in [2.45, 2.75) is 154 Å². The van der Waals surface area contributed by atoms with Crippen molar-refractivity contribution in [1.29, 1.82) is 0 Å². The summed E-state index contributed by atoms with van der Waals surface area (Å²) in [5, 5.41) is 23.6. The second-order valence-electron chi connectivity index (χ2n) is 17.8. The van der Waals surface area contributed by atoms with E-state index in [4.69, 9.17) is 29.4 Å². The Balaban J connectivity index is 0.00000273. The lowest BCUT2D eigenvalue weighted by atomic mass is 9.78. The number of fused-ring (bicyclic) bond motifs is 1. The molecule has 0 aliphatic carbocycles. The molecule has 0 spiro atoms. The molecule has 3 fully saturated rings. The number of anilines is 1. The summed E-state index contributed by atoms with van der Waals surface area (Å²) in [6.07, 6.45) is 1.44. The fourth-order valence-corrected chi connectivity index (χ4v) is 9.33. The second-order valence-corrected chi connectivity index (χ2v) is 18.1. The molecule has 3 aliphatic heterocycles. The third kappa shape index (κ3) is 12.0. The highest BCUT2D eigenvalue weighted by molar-refractivity contribution is 7.93. The molecule has 1 amide bonds. The number of esters is 1. The van der Waals surface area contributed by atoms with Gasteiger partial charge in [-0.25, -0.2) is 9.78 Å². The van der Waals surface area contributed by atoms with Crippen molar-refractivity contribution < 1.29 is 47.1 Å². The molecule has 5 heterocycles. The fourth-order valence-electron chi connectivity index (χ4n) is 9.33. The smallest absolute Gasteiger partial charge is 0.410 e. The number of aromatic nitrogens is 4. The number of hydrogen-bond donors (Lipinski definition) is 3. The quantitative estimate of drug-likeness (QED) is 0.156. The first-order valence-electron chi connectivity index (χ1n) is 21.7. The van der Waals surface area contributed by atoms with Crippen LogP contribution in [0.1, 0.15) is 87.5 Å². The highest BCUT2D eigenvalue weighted by Gasteiger charge is 2.58. The number of carbonyl (C=O) groups excluding carboxylic acids is 3. The number of rotatable bonds is 11. The van der Waals surface area contributed by atoms with E-state index in [2.05, 4.69) is 27.5 Å². The van der Waals surface area contributed by atoms with Crippen LogP contribution in [0, 0.1) is 17.8 Å². The number of pyridine rings is 1. The van der Waals surface area contributed by atoms with Gasteiger partial charge in [-0.3, -0.25) is 19.2 Å². The Kier molecular flexibility index (Phi) is 18.5. The molecule has 3 aliphatic rings. The number of nitrogen functional groups attached to an aromatic ring is 1. The van der Waals surface area contributed by atoms with Gasteiger partial charge >= 0.3 is 12.1 Å². The number of ether oxygens (including phenoxy) is 5. The van der Waals surface area contributed by atoms with Crippen molar-refractivity contribution in [1.82, 2.24) is 35.1 Å². The van der Waals surface area contributed by atoms with E-state index in [0.29, 0.717) is 68.9 Å². The van der Waals surface area contributed by atoms with Gasteiger partial charge in [-0.1, -0.05) is 32.1 Å². The lowest BCUT2D eigenvalue weighted by Crippen LogP contribution is -2.61. The minimum Gasteiger partial charge on any atom is -0.458 e. The lowest BCUT2D eigenvalue weighted by Gasteiger charge is -2.46. The standard InChI is InChI=1S/C42H68N8O9.CH3FS/c1-12-32-42(8)36(50(40(54)59-42)19-14-13-18-49-23-30(46-47-49)29-16-15-17-33(43)45-29)28(6)44-22-24(2)21-41(7,55-11)37(26(4)34(51)27(5)38(53)57-32)58-39-35(52)31(48(9)10)20-25(3)56-39;1-3-2/h15-17,23-28,31-32,35-37,39,44,52H,12-14,18-22H2,1-11H3,(H2,43,45);1H3/t24-,25?,26+,27-,28-,31?,32-,35?,36-,37-,39+,41-,42-;/m1./s1. The molecule has 13 atom stereocenters. The summed E-state index contributed by atoms with van der Waals surface area (Å²) >= 11 is 0.250. The van der Waals surface area contributed by atoms with Crippen LogP contribution in [0.25, 0.3) is 11.4 Å². The van der Waals surface area contributed by atoms with Crippen LogP contribution in [0.2, 0.25) is 0 Å². The van der Waals surface area contributed by atoms with Gasteiger partial charge in [0.15, 0.2) is 17.7 Å². The van der Waals surface area contributed by atoms with Gasteiger partial charge in [-0.05, 0) is 105 Å². The minimum absolute atomic E-state index is 0.0170. The van der Waals surface area contributed by atoms with Gasteiger partial charge in [0, 0.05) is 56.6 Å². The summed E-state index contributed by atoms with van der Waals surface area (Å²) in [5.41, 5.74) is 4.82. The van der Waals surface area contributed by atoms with Crippen molar-refractivity contribution in [3.05, 3.63) is 24.4 Å². The molecule has 5 rings (SSSR count). The Bertz CT molecular complexity index is 1780. The zero-order valence-corrected chi connectivity index (χ0v) is 39.4. The topological polar surface area (TPSA) is 206 Å². The number of nitrogens with one attached hydrogen (secondary N) is 1. The maximum Gasteiger partial charge on any atom is 0.410 e. The van der Waals surface area contributed by atoms with E-state index < -0.39 is 71.5 Å². The van der Waals surface area contributed by atoms with E-state index in [0.717, 1.165) is 0 Å². The molecule has 4 N–H and O–H groups in total. The van der Waals surface area contributed by atoms with E-state index in [-0.39, 0.29) is 36.3 Å². The normalized spacial score (nSPS) is 35.0. The van der Waals surface area contributed by atoms with Crippen molar-refractivity contribution in [3.63, 3.8) is 0 Å². The molecule has 2 aromatic heterocycles. The zero-order valence-electron chi connectivity index (χ0n) is 38.6. The van der Waals surface area contributed by atoms with Gasteiger partial charge < -0.3 is 44.7 Å². The van der Waals surface area contributed by atoms with Gasteiger partial charge in [0.1, 0.15) is 29.6 Å². The fraction of sp³-hybridized carbons (Fsp3) is 0.767. The molecule has 3 unspecified atom stereocenters. The first kappa shape index (κ1) is 51.2. The van der Waals surface area contributed by atoms with Crippen molar-refractivity contribution in [3.8, 4) is 11.4 Å². The third-order valence-corrected chi connectivity index (χ3v) is 12.7. The number of aliphatic hydroxyl groups is 1. The number of ketones is 1. The van der Waals surface area contributed by atoms with Crippen molar-refractivity contribution >= 4 is 35.8 Å². The van der Waals surface area contributed by atoms with Crippen LogP contribution < -0.4 is 11.1 Å². The van der Waals surface area contributed by atoms with E-state index in [9.17, 15) is 23.4 Å². The number of Topliss-reactive ketones (excluding diaryl/α,β-unsaturated/α-hetero) is 1. The van der Waals surface area contributed by atoms with Crippen LogP contribution in [0.15, 0.2) is 24.4 Å². The molecule has 62 heavy (non-hydrogen) atoms. The molecular formula is C43H71FN8O9S. The number of cyclic esters (lactones) is 1. The van der Waals surface area contributed by atoms with Crippen LogP contribution in [0.3, 0.4) is 0 Å². The van der Waals surface area contributed by atoms with Gasteiger partial charge in [0.2, 0.25) is 0 Å². The van der Waals surface area contributed by atoms with E-state index in [1.807, 2.05) is 71.9 Å². The SMILES string of the molecule is CC[C@H]1OC(=O)[C@H](C)C(=O)[C@H](C)[C@@H](O[C@@H]2OC(C)CC(N(C)C)C2O)[C@](C)(OC)C[C@@H](C)CN[C@H](C)[C@H]2N(CCCCn3cc(-c4cccc(N)n4)nn3)C(=O)O[C@]12C.CSF. The maximum absolute atomic E-state index is 14.4. The number of unbranched alkanes of at least 4 members (excludes halogenated alkanes) is 1. The number of halogens is 1. The number of hydrogen-bond acceptors (Lipinski definition) is 16. The molecule has 19 heteroatoms. The average Bonchev–Trinajstić information content (AvgIpc) is 3.80. The number of aryl methyl sites for hydroxylation is 1. The van der Waals surface area contributed by atoms with Gasteiger partial charge in [-0.15, -0.1) is 5.10 Å². The number of methoxy groups -OCH3 is 1. The van der Waals surface area contributed by atoms with Crippen LogP contribution in [-0.2, 0) is 39.8 Å². The molecule has 0 aromatic carbocycles. The Labute approximate surface area is 370 Å². The average molecular weight is 895 g/mol. The Morgan fingerprint density at radius 1 is 1.10 bits per heavy atom. The van der Waals surface area contributed by atoms with Gasteiger partial charge in [0.25, 0.3) is 0 Å². The zero-order chi connectivity index (χ0) is 46.1. The first-order chi connectivity index (χ1) is 29.2. The lowest BCUT2D eigenvalue weighted by molar-refractivity contribution is -0.295. The van der Waals surface area contributed by atoms with Gasteiger partial charge in [0.05, 0.1) is 35.7 Å². The van der Waals surface area contributed by atoms with Crippen molar-refractivity contribution in [2.75, 3.05) is 46.3 Å². The maximum atomic E-state index is 14.4. The summed E-state index contributed by atoms with van der Waals surface area (Å²) in [4.78, 5) is 50.2. The minimum atomic E-state index is -1.24. The molecule has 3 saturated heterocycles. The largest absolute Gasteiger partial charge is 0.458 e. The number of nitrogens with two attached hydrogens (primary N) is 1. The molecule has 17 nitrogen and oxygen atoms in total. The summed E-state index contributed by atoms with van der Waals surface area (Å²) in [7, 11) is 5.39. The highest BCUT2D eigenvalue weighted by atomic mass is 32.2. The molecule has 0 bridgehead atoms. The molecule has 0 radical (unpaired) electrons. The molecule has 350 valence electrons. The van der Waals surface area contributed by atoms with Gasteiger partial charge in [-0.2, -0.15) is 3.89 Å². The summed E-state index contributed by atoms with van der Waals surface area (Å²) in [6, 6.07) is 4.30. The van der Waals surface area contributed by atoms with Crippen LogP contribution >= 0.6 is 12.1 Å². The monoisotopic (exact) mass is 895 g/mol. The van der Waals surface area contributed by atoms with E-state index in [1.54, 1.807) is 29.7 Å². The van der Waals surface area contributed by atoms with Crippen LogP contribution in [0.5, 0.6) is 0 Å². The van der Waals surface area contributed by atoms with Crippen molar-refractivity contribution in [2.24, 2.45) is 17.8 Å². The number of amides is 1. The number of nitrogens with zero attached hydrogens (tertiary/aromatic N) is 6. The Morgan fingerprint density at radius 2 is 1.77 bits per heavy atom. The van der Waals surface area contributed by atoms with E-state index >= 15 is 0 Å². The summed E-state index contributed by atoms with van der Waals surface area (Å²) < 4.78 is 43.4. The predicted molar refractivity (Wildman–Crippen MR) is 234 cm³/mol. The highest BCUT2D eigenvalue weighted by Crippen LogP contribution is 2.40. The van der Waals surface area contributed by atoms with Crippen LogP contribution in [-0.4, -0.2) is 153 Å².